The van der Waals surface area contributed by atoms with Crippen molar-refractivity contribution in [2.24, 2.45) is 5.92 Å². The van der Waals surface area contributed by atoms with Crippen LogP contribution in [0.4, 0.5) is 13.2 Å². The number of halogens is 3. The number of amides is 2. The summed E-state index contributed by atoms with van der Waals surface area (Å²) in [4.78, 5) is 25.3. The van der Waals surface area contributed by atoms with Gasteiger partial charge in [0.25, 0.3) is 0 Å². The molecule has 0 bridgehead atoms. The molecule has 1 aliphatic heterocycles. The molecule has 1 saturated heterocycles. The molecule has 0 spiro atoms. The Bertz CT molecular complexity index is 604. The number of likely N-dealkylation sites (tertiary alicyclic amines) is 1. The van der Waals surface area contributed by atoms with Crippen LogP contribution in [0.15, 0.2) is 24.3 Å². The van der Waals surface area contributed by atoms with Gasteiger partial charge in [-0.2, -0.15) is 13.2 Å². The van der Waals surface area contributed by atoms with Crippen molar-refractivity contribution in [3.05, 3.63) is 35.4 Å². The maximum atomic E-state index is 12.8. The summed E-state index contributed by atoms with van der Waals surface area (Å²) >= 11 is 0. The summed E-state index contributed by atoms with van der Waals surface area (Å²) in [5.74, 6) is -0.857. The predicted octanol–water partition coefficient (Wildman–Crippen LogP) is 1.55. The average Bonchev–Trinajstić information content (AvgIpc) is 2.54. The van der Waals surface area contributed by atoms with Gasteiger partial charge in [0.15, 0.2) is 0 Å². The molecule has 1 fully saturated rings. The minimum atomic E-state index is -4.44. The highest BCUT2D eigenvalue weighted by Crippen LogP contribution is 2.30. The van der Waals surface area contributed by atoms with E-state index in [4.69, 9.17) is 5.11 Å². The molecule has 2 rings (SSSR count). The van der Waals surface area contributed by atoms with Crippen LogP contribution >= 0.6 is 0 Å². The summed E-state index contributed by atoms with van der Waals surface area (Å²) in [6, 6.07) is 4.82. The van der Waals surface area contributed by atoms with E-state index in [1.165, 1.54) is 17.0 Å². The maximum absolute atomic E-state index is 12.8. The molecule has 132 valence electrons. The molecule has 24 heavy (non-hydrogen) atoms. The molecular formula is C16H19F3N2O3. The van der Waals surface area contributed by atoms with Crippen LogP contribution in [0, 0.1) is 5.92 Å². The van der Waals surface area contributed by atoms with E-state index in [1.807, 2.05) is 0 Å². The molecule has 2 amide bonds. The molecule has 5 nitrogen and oxygen atoms in total. The summed E-state index contributed by atoms with van der Waals surface area (Å²) in [7, 11) is 0. The quantitative estimate of drug-likeness (QED) is 0.852. The number of hydrogen-bond acceptors (Lipinski definition) is 3. The first-order valence-corrected chi connectivity index (χ1v) is 7.63. The second kappa shape index (κ2) is 7.65. The third-order valence-corrected chi connectivity index (χ3v) is 3.91. The number of carbonyl (C=O) groups excluding carboxylic acids is 2. The van der Waals surface area contributed by atoms with Crippen LogP contribution in [-0.4, -0.2) is 41.5 Å². The van der Waals surface area contributed by atoms with Crippen molar-refractivity contribution in [1.29, 1.82) is 0 Å². The summed E-state index contributed by atoms with van der Waals surface area (Å²) in [5.41, 5.74) is -0.392. The van der Waals surface area contributed by atoms with E-state index in [0.717, 1.165) is 12.1 Å². The number of benzene rings is 1. The number of hydrogen-bond donors (Lipinski definition) is 2. The van der Waals surface area contributed by atoms with Crippen molar-refractivity contribution < 1.29 is 27.9 Å². The molecule has 1 heterocycles. The molecule has 8 heteroatoms. The van der Waals surface area contributed by atoms with Crippen LogP contribution < -0.4 is 5.32 Å². The lowest BCUT2D eigenvalue weighted by atomic mass is 9.96. The van der Waals surface area contributed by atoms with Gasteiger partial charge in [0, 0.05) is 26.1 Å². The number of aliphatic hydroxyl groups excluding tert-OH is 1. The summed E-state index contributed by atoms with van der Waals surface area (Å²) in [6.45, 7) is 0.154. The van der Waals surface area contributed by atoms with E-state index in [2.05, 4.69) is 5.32 Å². The highest BCUT2D eigenvalue weighted by molar-refractivity contribution is 5.83. The molecule has 0 aromatic heterocycles. The molecule has 0 radical (unpaired) electrons. The number of nitrogens with one attached hydrogen (secondary N) is 1. The van der Waals surface area contributed by atoms with Crippen LogP contribution in [0.3, 0.4) is 0 Å². The fraction of sp³-hybridized carbons (Fsp3) is 0.500. The second-order valence-corrected chi connectivity index (χ2v) is 5.72. The van der Waals surface area contributed by atoms with Gasteiger partial charge in [-0.1, -0.05) is 12.1 Å². The highest BCUT2D eigenvalue weighted by atomic mass is 19.4. The lowest BCUT2D eigenvalue weighted by molar-refractivity contribution is -0.139. The number of alkyl halides is 3. The van der Waals surface area contributed by atoms with Crippen LogP contribution in [0.1, 0.15) is 24.0 Å². The zero-order valence-corrected chi connectivity index (χ0v) is 13.0. The lowest BCUT2D eigenvalue weighted by Gasteiger charge is -2.32. The Kier molecular flexibility index (Phi) is 5.82. The topological polar surface area (TPSA) is 69.6 Å². The molecule has 0 aliphatic carbocycles. The van der Waals surface area contributed by atoms with E-state index in [1.54, 1.807) is 0 Å². The van der Waals surface area contributed by atoms with E-state index < -0.39 is 17.7 Å². The number of rotatable bonds is 5. The van der Waals surface area contributed by atoms with Crippen LogP contribution in [0.25, 0.3) is 0 Å². The van der Waals surface area contributed by atoms with Crippen molar-refractivity contribution in [3.8, 4) is 0 Å². The normalized spacial score (nSPS) is 18.6. The summed E-state index contributed by atoms with van der Waals surface area (Å²) in [5, 5.41) is 11.3. The Morgan fingerprint density at radius 1 is 1.38 bits per heavy atom. The average molecular weight is 344 g/mol. The lowest BCUT2D eigenvalue weighted by Crippen LogP contribution is -2.45. The van der Waals surface area contributed by atoms with Gasteiger partial charge in [0.05, 0.1) is 18.1 Å². The van der Waals surface area contributed by atoms with E-state index in [-0.39, 0.29) is 44.5 Å². The van der Waals surface area contributed by atoms with Crippen molar-refractivity contribution in [1.82, 2.24) is 10.2 Å². The molecule has 0 saturated carbocycles. The standard InChI is InChI=1S/C16H19F3N2O3/c17-16(18,19)13-3-1-2-11(8-13)9-21-10-12(4-5-14(21)23)15(24)20-6-7-22/h1-3,8,12,22H,4-7,9-10H2,(H,20,24). The Labute approximate surface area is 137 Å². The molecule has 1 aromatic rings. The monoisotopic (exact) mass is 344 g/mol. The van der Waals surface area contributed by atoms with Gasteiger partial charge in [0.1, 0.15) is 0 Å². The van der Waals surface area contributed by atoms with E-state index >= 15 is 0 Å². The second-order valence-electron chi connectivity index (χ2n) is 5.72. The van der Waals surface area contributed by atoms with Gasteiger partial charge >= 0.3 is 6.18 Å². The largest absolute Gasteiger partial charge is 0.416 e. The summed E-state index contributed by atoms with van der Waals surface area (Å²) in [6.07, 6.45) is -3.86. The molecular weight excluding hydrogens is 325 g/mol. The van der Waals surface area contributed by atoms with Gasteiger partial charge in [-0.15, -0.1) is 0 Å². The number of nitrogens with zero attached hydrogens (tertiary/aromatic N) is 1. The van der Waals surface area contributed by atoms with Crippen molar-refractivity contribution >= 4 is 11.8 Å². The van der Waals surface area contributed by atoms with Gasteiger partial charge in [-0.25, -0.2) is 0 Å². The van der Waals surface area contributed by atoms with Crippen molar-refractivity contribution in [2.45, 2.75) is 25.6 Å². The van der Waals surface area contributed by atoms with Crippen LogP contribution in [0.5, 0.6) is 0 Å². The Morgan fingerprint density at radius 3 is 2.79 bits per heavy atom. The Hall–Kier alpha value is -2.09. The van der Waals surface area contributed by atoms with Gasteiger partial charge in [-0.05, 0) is 24.1 Å². The predicted molar refractivity (Wildman–Crippen MR) is 79.7 cm³/mol. The van der Waals surface area contributed by atoms with Crippen LogP contribution in [-0.2, 0) is 22.3 Å². The molecule has 1 aliphatic rings. The van der Waals surface area contributed by atoms with Crippen LogP contribution in [0.2, 0.25) is 0 Å². The molecule has 2 N–H and O–H groups in total. The van der Waals surface area contributed by atoms with E-state index in [9.17, 15) is 22.8 Å². The number of piperidine rings is 1. The smallest absolute Gasteiger partial charge is 0.395 e. The molecule has 1 unspecified atom stereocenters. The fourth-order valence-electron chi connectivity index (χ4n) is 2.67. The van der Waals surface area contributed by atoms with Gasteiger partial charge in [-0.3, -0.25) is 9.59 Å². The Morgan fingerprint density at radius 2 is 2.12 bits per heavy atom. The van der Waals surface area contributed by atoms with Gasteiger partial charge < -0.3 is 15.3 Å². The third-order valence-electron chi connectivity index (χ3n) is 3.91. The van der Waals surface area contributed by atoms with Gasteiger partial charge in [0.2, 0.25) is 11.8 Å². The molecule has 1 aromatic carbocycles. The Balaban J connectivity index is 2.05. The first kappa shape index (κ1) is 18.3. The first-order valence-electron chi connectivity index (χ1n) is 7.63. The maximum Gasteiger partial charge on any atom is 0.416 e. The minimum Gasteiger partial charge on any atom is -0.395 e. The van der Waals surface area contributed by atoms with Crippen molar-refractivity contribution in [2.75, 3.05) is 19.7 Å². The zero-order valence-electron chi connectivity index (χ0n) is 13.0. The molecule has 1 atom stereocenters. The highest BCUT2D eigenvalue weighted by Gasteiger charge is 2.32. The number of aliphatic hydroxyl groups is 1. The first-order chi connectivity index (χ1) is 11.3. The van der Waals surface area contributed by atoms with Crippen molar-refractivity contribution in [3.63, 3.8) is 0 Å². The number of carbonyl (C=O) groups is 2. The minimum absolute atomic E-state index is 0.0343. The van der Waals surface area contributed by atoms with E-state index in [0.29, 0.717) is 12.0 Å². The third kappa shape index (κ3) is 4.70. The zero-order chi connectivity index (χ0) is 17.7. The summed E-state index contributed by atoms with van der Waals surface area (Å²) < 4.78 is 38.3. The SMILES string of the molecule is O=C(NCCO)C1CCC(=O)N(Cc2cccc(C(F)(F)F)c2)C1. The fourth-order valence-corrected chi connectivity index (χ4v) is 2.67.